The van der Waals surface area contributed by atoms with Crippen molar-refractivity contribution in [2.75, 3.05) is 0 Å². The molecule has 4 aromatic rings. The quantitative estimate of drug-likeness (QED) is 0.540. The van der Waals surface area contributed by atoms with E-state index in [0.29, 0.717) is 16.9 Å². The highest BCUT2D eigenvalue weighted by Crippen LogP contribution is 2.23. The van der Waals surface area contributed by atoms with Gasteiger partial charge in [-0.25, -0.2) is 9.50 Å². The van der Waals surface area contributed by atoms with Crippen molar-refractivity contribution in [1.29, 1.82) is 0 Å². The smallest absolute Gasteiger partial charge is 0.216 e. The van der Waals surface area contributed by atoms with Gasteiger partial charge in [-0.15, -0.1) is 0 Å². The van der Waals surface area contributed by atoms with E-state index in [2.05, 4.69) is 20.1 Å². The number of ketones is 1. The highest BCUT2D eigenvalue weighted by Gasteiger charge is 2.18. The van der Waals surface area contributed by atoms with Gasteiger partial charge in [0.2, 0.25) is 5.78 Å². The molecule has 0 aromatic carbocycles. The zero-order valence-corrected chi connectivity index (χ0v) is 13.8. The van der Waals surface area contributed by atoms with Crippen LogP contribution in [0.2, 0.25) is 0 Å². The number of rotatable bonds is 3. The molecule has 0 saturated carbocycles. The van der Waals surface area contributed by atoms with Gasteiger partial charge in [-0.2, -0.15) is 5.10 Å². The van der Waals surface area contributed by atoms with Gasteiger partial charge in [0.05, 0.1) is 17.5 Å². The highest BCUT2D eigenvalue weighted by atomic mass is 16.1. The predicted octanol–water partition coefficient (Wildman–Crippen LogP) is 3.03. The maximum atomic E-state index is 12.7. The summed E-state index contributed by atoms with van der Waals surface area (Å²) in [4.78, 5) is 25.6. The van der Waals surface area contributed by atoms with Gasteiger partial charge in [0.25, 0.3) is 0 Å². The molecule has 122 valence electrons. The third-order valence-electron chi connectivity index (χ3n) is 3.92. The Morgan fingerprint density at radius 2 is 1.80 bits per heavy atom. The van der Waals surface area contributed by atoms with Crippen molar-refractivity contribution >= 4 is 11.4 Å². The Labute approximate surface area is 144 Å². The van der Waals surface area contributed by atoms with Crippen LogP contribution in [0.4, 0.5) is 0 Å². The average molecular weight is 329 g/mol. The van der Waals surface area contributed by atoms with E-state index >= 15 is 0 Å². The number of carbonyl (C=O) groups excluding carboxylic acids is 1. The van der Waals surface area contributed by atoms with Crippen LogP contribution in [0.1, 0.15) is 27.4 Å². The minimum atomic E-state index is -0.192. The molecule has 0 saturated heterocycles. The summed E-state index contributed by atoms with van der Waals surface area (Å²) < 4.78 is 1.68. The molecule has 0 aliphatic carbocycles. The molecule has 0 aliphatic heterocycles. The van der Waals surface area contributed by atoms with Crippen LogP contribution in [0.15, 0.2) is 55.0 Å². The van der Waals surface area contributed by atoms with Crippen LogP contribution < -0.4 is 0 Å². The van der Waals surface area contributed by atoms with Crippen LogP contribution in [0.3, 0.4) is 0 Å². The summed E-state index contributed by atoms with van der Waals surface area (Å²) in [6.07, 6.45) is 4.83. The lowest BCUT2D eigenvalue weighted by Crippen LogP contribution is -2.04. The largest absolute Gasteiger partial charge is 0.287 e. The molecule has 0 N–H and O–H groups in total. The first kappa shape index (κ1) is 15.1. The van der Waals surface area contributed by atoms with Crippen LogP contribution in [-0.4, -0.2) is 30.3 Å². The van der Waals surface area contributed by atoms with Gasteiger partial charge in [0.1, 0.15) is 5.69 Å². The van der Waals surface area contributed by atoms with Crippen molar-refractivity contribution in [1.82, 2.24) is 24.6 Å². The second-order valence-electron chi connectivity index (χ2n) is 5.81. The predicted molar refractivity (Wildman–Crippen MR) is 93.4 cm³/mol. The third-order valence-corrected chi connectivity index (χ3v) is 3.92. The Kier molecular flexibility index (Phi) is 3.57. The molecule has 0 unspecified atom stereocenters. The second kappa shape index (κ2) is 5.90. The molecule has 0 spiro atoms. The number of pyridine rings is 2. The maximum Gasteiger partial charge on any atom is 0.216 e. The van der Waals surface area contributed by atoms with Gasteiger partial charge in [0, 0.05) is 29.3 Å². The van der Waals surface area contributed by atoms with Crippen molar-refractivity contribution in [3.05, 3.63) is 77.6 Å². The van der Waals surface area contributed by atoms with Crippen LogP contribution in [0.5, 0.6) is 0 Å². The SMILES string of the molecule is Cc1cc(-c2ccnc3c(C(=O)c4ccccn4)cnn23)cc(C)n1. The lowest BCUT2D eigenvalue weighted by molar-refractivity contribution is 0.103. The number of hydrogen-bond acceptors (Lipinski definition) is 5. The Balaban J connectivity index is 1.88. The number of carbonyl (C=O) groups is 1. The van der Waals surface area contributed by atoms with E-state index < -0.39 is 0 Å². The van der Waals surface area contributed by atoms with Crippen molar-refractivity contribution in [2.45, 2.75) is 13.8 Å². The Morgan fingerprint density at radius 1 is 1.00 bits per heavy atom. The molecule has 6 heteroatoms. The van der Waals surface area contributed by atoms with Crippen molar-refractivity contribution in [3.8, 4) is 11.3 Å². The van der Waals surface area contributed by atoms with Crippen molar-refractivity contribution in [3.63, 3.8) is 0 Å². The van der Waals surface area contributed by atoms with E-state index in [9.17, 15) is 4.79 Å². The zero-order valence-electron chi connectivity index (χ0n) is 13.8. The van der Waals surface area contributed by atoms with Crippen LogP contribution in [-0.2, 0) is 0 Å². The average Bonchev–Trinajstić information content (AvgIpc) is 3.05. The number of aryl methyl sites for hydroxylation is 2. The molecule has 0 bridgehead atoms. The van der Waals surface area contributed by atoms with Crippen LogP contribution in [0.25, 0.3) is 16.9 Å². The normalized spacial score (nSPS) is 11.0. The second-order valence-corrected chi connectivity index (χ2v) is 5.81. The highest BCUT2D eigenvalue weighted by molar-refractivity contribution is 6.11. The summed E-state index contributed by atoms with van der Waals surface area (Å²) in [6, 6.07) is 11.1. The molecule has 4 aromatic heterocycles. The number of hydrogen-bond donors (Lipinski definition) is 0. The van der Waals surface area contributed by atoms with E-state index in [0.717, 1.165) is 22.6 Å². The molecule has 4 rings (SSSR count). The van der Waals surface area contributed by atoms with Crippen molar-refractivity contribution in [2.24, 2.45) is 0 Å². The Bertz CT molecular complexity index is 1070. The summed E-state index contributed by atoms with van der Waals surface area (Å²) >= 11 is 0. The monoisotopic (exact) mass is 329 g/mol. The standard InChI is InChI=1S/C19H15N5O/c1-12-9-14(10-13(2)23-12)17-6-8-21-19-15(11-22-24(17)19)18(25)16-5-3-4-7-20-16/h3-11H,1-2H3. The number of nitrogens with zero attached hydrogens (tertiary/aromatic N) is 5. The molecular formula is C19H15N5O. The van der Waals surface area contributed by atoms with E-state index in [1.807, 2.05) is 32.0 Å². The third kappa shape index (κ3) is 2.67. The van der Waals surface area contributed by atoms with Crippen molar-refractivity contribution < 1.29 is 4.79 Å². The minimum absolute atomic E-state index is 0.192. The number of aromatic nitrogens is 5. The van der Waals surface area contributed by atoms with Gasteiger partial charge >= 0.3 is 0 Å². The topological polar surface area (TPSA) is 73.0 Å². The molecule has 0 radical (unpaired) electrons. The van der Waals surface area contributed by atoms with Crippen LogP contribution >= 0.6 is 0 Å². The van der Waals surface area contributed by atoms with E-state index in [4.69, 9.17) is 0 Å². The van der Waals surface area contributed by atoms with Gasteiger partial charge < -0.3 is 0 Å². The van der Waals surface area contributed by atoms with Gasteiger partial charge in [-0.05, 0) is 44.2 Å². The fraction of sp³-hybridized carbons (Fsp3) is 0.105. The molecule has 0 fully saturated rings. The van der Waals surface area contributed by atoms with E-state index in [1.54, 1.807) is 41.3 Å². The first-order chi connectivity index (χ1) is 12.1. The Hall–Kier alpha value is -3.41. The first-order valence-electron chi connectivity index (χ1n) is 7.87. The molecular weight excluding hydrogens is 314 g/mol. The van der Waals surface area contributed by atoms with Gasteiger partial charge in [0.15, 0.2) is 5.65 Å². The van der Waals surface area contributed by atoms with E-state index in [1.165, 1.54) is 0 Å². The zero-order chi connectivity index (χ0) is 17.4. The molecule has 0 aliphatic rings. The lowest BCUT2D eigenvalue weighted by Gasteiger charge is -2.07. The summed E-state index contributed by atoms with van der Waals surface area (Å²) in [7, 11) is 0. The summed E-state index contributed by atoms with van der Waals surface area (Å²) in [5.41, 5.74) is 5.02. The van der Waals surface area contributed by atoms with Crippen LogP contribution in [0, 0.1) is 13.8 Å². The summed E-state index contributed by atoms with van der Waals surface area (Å²) in [6.45, 7) is 3.90. The first-order valence-corrected chi connectivity index (χ1v) is 7.87. The van der Waals surface area contributed by atoms with Gasteiger partial charge in [-0.3, -0.25) is 14.8 Å². The summed E-state index contributed by atoms with van der Waals surface area (Å²) in [5.74, 6) is -0.192. The molecule has 25 heavy (non-hydrogen) atoms. The fourth-order valence-corrected chi connectivity index (χ4v) is 2.89. The molecule has 6 nitrogen and oxygen atoms in total. The molecule has 0 atom stereocenters. The lowest BCUT2D eigenvalue weighted by atomic mass is 10.1. The minimum Gasteiger partial charge on any atom is -0.287 e. The molecule has 4 heterocycles. The maximum absolute atomic E-state index is 12.7. The Morgan fingerprint density at radius 3 is 2.52 bits per heavy atom. The fourth-order valence-electron chi connectivity index (χ4n) is 2.89. The van der Waals surface area contributed by atoms with E-state index in [-0.39, 0.29) is 5.78 Å². The summed E-state index contributed by atoms with van der Waals surface area (Å²) in [5, 5.41) is 4.39. The molecule has 0 amide bonds. The number of fused-ring (bicyclic) bond motifs is 1. The van der Waals surface area contributed by atoms with Gasteiger partial charge in [-0.1, -0.05) is 6.07 Å².